The number of furan rings is 1. The van der Waals surface area contributed by atoms with Crippen LogP contribution >= 0.6 is 11.6 Å². The molecular weight excluding hydrogens is 342 g/mol. The van der Waals surface area contributed by atoms with Gasteiger partial charge in [0.25, 0.3) is 0 Å². The third-order valence-electron chi connectivity index (χ3n) is 3.27. The average Bonchev–Trinajstić information content (AvgIpc) is 3.04. The molecule has 0 saturated carbocycles. The zero-order valence-corrected chi connectivity index (χ0v) is 13.7. The Hall–Kier alpha value is -3.30. The Kier molecular flexibility index (Phi) is 4.97. The lowest BCUT2D eigenvalue weighted by Crippen LogP contribution is -2.16. The number of carbonyl (C=O) groups is 1. The second kappa shape index (κ2) is 7.51. The van der Waals surface area contributed by atoms with Gasteiger partial charge in [-0.05, 0) is 54.1 Å². The number of hydrogen-bond donors (Lipinski definition) is 1. The first kappa shape index (κ1) is 16.6. The lowest BCUT2D eigenvalue weighted by atomic mass is 10.2. The Morgan fingerprint density at radius 3 is 2.84 bits per heavy atom. The molecule has 0 fully saturated rings. The van der Waals surface area contributed by atoms with Gasteiger partial charge in [-0.15, -0.1) is 0 Å². The van der Waals surface area contributed by atoms with Crippen molar-refractivity contribution in [1.29, 1.82) is 5.26 Å². The molecule has 7 heteroatoms. The highest BCUT2D eigenvalue weighted by molar-refractivity contribution is 6.31. The Labute approximate surface area is 148 Å². The normalized spacial score (nSPS) is 10.7. The van der Waals surface area contributed by atoms with E-state index in [2.05, 4.69) is 10.5 Å². The molecule has 0 aliphatic carbocycles. The number of benzene rings is 2. The van der Waals surface area contributed by atoms with Crippen molar-refractivity contribution in [1.82, 2.24) is 5.43 Å². The molecule has 6 nitrogen and oxygen atoms in total. The van der Waals surface area contributed by atoms with E-state index >= 15 is 0 Å². The number of fused-ring (bicyclic) bond motifs is 1. The summed E-state index contributed by atoms with van der Waals surface area (Å²) in [5.41, 5.74) is 3.74. The van der Waals surface area contributed by atoms with Gasteiger partial charge in [-0.1, -0.05) is 11.6 Å². The number of hydrazone groups is 1. The molecule has 0 spiro atoms. The van der Waals surface area contributed by atoms with Crippen molar-refractivity contribution in [2.45, 2.75) is 0 Å². The molecule has 3 aromatic rings. The van der Waals surface area contributed by atoms with Crippen LogP contribution in [0, 0.1) is 11.3 Å². The van der Waals surface area contributed by atoms with E-state index in [9.17, 15) is 4.79 Å². The van der Waals surface area contributed by atoms with Crippen LogP contribution in [-0.2, 0) is 0 Å². The van der Waals surface area contributed by atoms with Crippen molar-refractivity contribution in [3.63, 3.8) is 0 Å². The standard InChI is InChI=1S/C18H12ClN3O3/c19-14-3-6-16-13(9-14)10-17(25-16)18(23)22-21-11-12-1-4-15(5-2-12)24-8-7-20/h1-6,9-11H,8H2,(H,22,23)/b21-11-. The van der Waals surface area contributed by atoms with Crippen molar-refractivity contribution in [3.05, 3.63) is 64.9 Å². The second-order valence-electron chi connectivity index (χ2n) is 5.01. The SMILES string of the molecule is N#CCOc1ccc(/C=N\NC(=O)c2cc3cc(Cl)ccc3o2)cc1. The highest BCUT2D eigenvalue weighted by atomic mass is 35.5. The molecule has 25 heavy (non-hydrogen) atoms. The predicted molar refractivity (Wildman–Crippen MR) is 93.8 cm³/mol. The number of hydrogen-bond acceptors (Lipinski definition) is 5. The number of nitrogens with zero attached hydrogens (tertiary/aromatic N) is 2. The number of halogens is 1. The highest BCUT2D eigenvalue weighted by Crippen LogP contribution is 2.22. The van der Waals surface area contributed by atoms with Crippen LogP contribution in [0.3, 0.4) is 0 Å². The number of ether oxygens (including phenoxy) is 1. The fourth-order valence-corrected chi connectivity index (χ4v) is 2.29. The van der Waals surface area contributed by atoms with Crippen LogP contribution < -0.4 is 10.2 Å². The lowest BCUT2D eigenvalue weighted by molar-refractivity contribution is 0.0929. The van der Waals surface area contributed by atoms with E-state index in [1.165, 1.54) is 6.21 Å². The monoisotopic (exact) mass is 353 g/mol. The van der Waals surface area contributed by atoms with E-state index in [-0.39, 0.29) is 12.4 Å². The van der Waals surface area contributed by atoms with E-state index in [0.717, 1.165) is 10.9 Å². The van der Waals surface area contributed by atoms with Gasteiger partial charge in [0.2, 0.25) is 0 Å². The molecule has 3 rings (SSSR count). The van der Waals surface area contributed by atoms with Gasteiger partial charge in [0.15, 0.2) is 12.4 Å². The maximum atomic E-state index is 12.1. The van der Waals surface area contributed by atoms with E-state index in [1.54, 1.807) is 48.5 Å². The number of nitriles is 1. The third kappa shape index (κ3) is 4.16. The molecule has 0 unspecified atom stereocenters. The summed E-state index contributed by atoms with van der Waals surface area (Å²) in [5.74, 6) is 0.274. The van der Waals surface area contributed by atoms with Gasteiger partial charge < -0.3 is 9.15 Å². The van der Waals surface area contributed by atoms with Crippen LogP contribution in [0.1, 0.15) is 16.1 Å². The quantitative estimate of drug-likeness (QED) is 0.559. The molecular formula is C18H12ClN3O3. The van der Waals surface area contributed by atoms with Gasteiger partial charge in [0, 0.05) is 10.4 Å². The third-order valence-corrected chi connectivity index (χ3v) is 3.50. The molecule has 1 amide bonds. The number of rotatable bonds is 5. The molecule has 0 bridgehead atoms. The van der Waals surface area contributed by atoms with Gasteiger partial charge in [-0.3, -0.25) is 4.79 Å². The van der Waals surface area contributed by atoms with Crippen LogP contribution in [0.15, 0.2) is 58.0 Å². The maximum Gasteiger partial charge on any atom is 0.307 e. The zero-order valence-electron chi connectivity index (χ0n) is 12.9. The molecule has 124 valence electrons. The topological polar surface area (TPSA) is 87.6 Å². The minimum atomic E-state index is -0.461. The summed E-state index contributed by atoms with van der Waals surface area (Å²) < 4.78 is 10.6. The van der Waals surface area contributed by atoms with E-state index < -0.39 is 5.91 Å². The van der Waals surface area contributed by atoms with Gasteiger partial charge in [0.1, 0.15) is 17.4 Å². The lowest BCUT2D eigenvalue weighted by Gasteiger charge is -2.01. The average molecular weight is 354 g/mol. The number of nitrogens with one attached hydrogen (secondary N) is 1. The first-order valence-electron chi connectivity index (χ1n) is 7.28. The van der Waals surface area contributed by atoms with Crippen LogP contribution in [0.4, 0.5) is 0 Å². The highest BCUT2D eigenvalue weighted by Gasteiger charge is 2.11. The number of carbonyl (C=O) groups excluding carboxylic acids is 1. The van der Waals surface area contributed by atoms with E-state index in [0.29, 0.717) is 16.4 Å². The fourth-order valence-electron chi connectivity index (χ4n) is 2.11. The maximum absolute atomic E-state index is 12.1. The van der Waals surface area contributed by atoms with Crippen LogP contribution in [-0.4, -0.2) is 18.7 Å². The predicted octanol–water partition coefficient (Wildman–Crippen LogP) is 3.75. The van der Waals surface area contributed by atoms with Gasteiger partial charge in [-0.2, -0.15) is 10.4 Å². The molecule has 0 atom stereocenters. The summed E-state index contributed by atoms with van der Waals surface area (Å²) in [6, 6.07) is 15.5. The van der Waals surface area contributed by atoms with E-state index in [4.69, 9.17) is 26.0 Å². The van der Waals surface area contributed by atoms with Crippen LogP contribution in [0.5, 0.6) is 5.75 Å². The second-order valence-corrected chi connectivity index (χ2v) is 5.44. The van der Waals surface area contributed by atoms with Gasteiger partial charge in [0.05, 0.1) is 6.21 Å². The molecule has 0 aliphatic heterocycles. The summed E-state index contributed by atoms with van der Waals surface area (Å²) in [6.07, 6.45) is 1.49. The largest absolute Gasteiger partial charge is 0.479 e. The first-order chi connectivity index (χ1) is 12.2. The van der Waals surface area contributed by atoms with Crippen molar-refractivity contribution in [3.8, 4) is 11.8 Å². The van der Waals surface area contributed by atoms with Crippen LogP contribution in [0.2, 0.25) is 5.02 Å². The molecule has 0 saturated heterocycles. The van der Waals surface area contributed by atoms with E-state index in [1.807, 2.05) is 6.07 Å². The van der Waals surface area contributed by atoms with Crippen molar-refractivity contribution >= 4 is 34.7 Å². The van der Waals surface area contributed by atoms with Crippen molar-refractivity contribution < 1.29 is 13.9 Å². The molecule has 0 aliphatic rings. The van der Waals surface area contributed by atoms with Gasteiger partial charge in [-0.25, -0.2) is 5.43 Å². The zero-order chi connectivity index (χ0) is 17.6. The Balaban J connectivity index is 1.62. The molecule has 1 heterocycles. The molecule has 2 aromatic carbocycles. The fraction of sp³-hybridized carbons (Fsp3) is 0.0556. The summed E-state index contributed by atoms with van der Waals surface area (Å²) in [4.78, 5) is 12.1. The summed E-state index contributed by atoms with van der Waals surface area (Å²) in [5, 5.41) is 13.7. The minimum absolute atomic E-state index is 0.00773. The van der Waals surface area contributed by atoms with Crippen molar-refractivity contribution in [2.75, 3.05) is 6.61 Å². The molecule has 0 radical (unpaired) electrons. The Morgan fingerprint density at radius 2 is 2.08 bits per heavy atom. The number of amides is 1. The smallest absolute Gasteiger partial charge is 0.307 e. The van der Waals surface area contributed by atoms with Crippen LogP contribution in [0.25, 0.3) is 11.0 Å². The molecule has 1 N–H and O–H groups in total. The molecule has 1 aromatic heterocycles. The summed E-state index contributed by atoms with van der Waals surface area (Å²) in [7, 11) is 0. The first-order valence-corrected chi connectivity index (χ1v) is 7.66. The minimum Gasteiger partial charge on any atom is -0.479 e. The van der Waals surface area contributed by atoms with Gasteiger partial charge >= 0.3 is 5.91 Å². The Morgan fingerprint density at radius 1 is 1.28 bits per heavy atom. The summed E-state index contributed by atoms with van der Waals surface area (Å²) in [6.45, 7) is -0.00773. The summed E-state index contributed by atoms with van der Waals surface area (Å²) >= 11 is 5.91. The van der Waals surface area contributed by atoms with Crippen molar-refractivity contribution in [2.24, 2.45) is 5.10 Å². The Bertz CT molecular complexity index is 971.